The van der Waals surface area contributed by atoms with E-state index in [1.165, 1.54) is 42.6 Å². The average molecular weight is 273 g/mol. The van der Waals surface area contributed by atoms with Crippen LogP contribution in [0.5, 0.6) is 0 Å². The highest BCUT2D eigenvalue weighted by atomic mass is 32.1. The fourth-order valence-electron chi connectivity index (χ4n) is 3.00. The first-order valence-electron chi connectivity index (χ1n) is 7.16. The Balaban J connectivity index is 1.50. The summed E-state index contributed by atoms with van der Waals surface area (Å²) in [4.78, 5) is 7.39. The van der Waals surface area contributed by atoms with Crippen LogP contribution in [0.15, 0.2) is 18.2 Å². The Hall–Kier alpha value is -1.13. The molecular formula is C15H19N3S. The van der Waals surface area contributed by atoms with Gasteiger partial charge in [0.25, 0.3) is 0 Å². The minimum atomic E-state index is 0.585. The number of hydrogen-bond donors (Lipinski definition) is 1. The Morgan fingerprint density at radius 1 is 1.32 bits per heavy atom. The summed E-state index contributed by atoms with van der Waals surface area (Å²) in [5, 5.41) is 4.73. The largest absolute Gasteiger partial charge is 0.357 e. The van der Waals surface area contributed by atoms with E-state index in [1.807, 2.05) is 0 Å². The number of anilines is 1. The van der Waals surface area contributed by atoms with Crippen molar-refractivity contribution in [3.05, 3.63) is 23.8 Å². The maximum atomic E-state index is 4.75. The lowest BCUT2D eigenvalue weighted by Gasteiger charge is -2.15. The molecule has 100 valence electrons. The van der Waals surface area contributed by atoms with Gasteiger partial charge in [0.15, 0.2) is 5.13 Å². The molecule has 1 atom stereocenters. The van der Waals surface area contributed by atoms with E-state index in [0.29, 0.717) is 6.04 Å². The van der Waals surface area contributed by atoms with Gasteiger partial charge in [-0.1, -0.05) is 23.5 Å². The molecule has 1 aromatic heterocycles. The Morgan fingerprint density at radius 2 is 2.21 bits per heavy atom. The number of nitrogens with one attached hydrogen (secondary N) is 1. The highest BCUT2D eigenvalue weighted by Gasteiger charge is 2.34. The zero-order valence-electron chi connectivity index (χ0n) is 11.2. The van der Waals surface area contributed by atoms with Crippen LogP contribution in [0.3, 0.4) is 0 Å². The fraction of sp³-hybridized carbons (Fsp3) is 0.533. The second-order valence-electron chi connectivity index (χ2n) is 5.80. The van der Waals surface area contributed by atoms with Crippen LogP contribution in [0.1, 0.15) is 24.8 Å². The first-order valence-corrected chi connectivity index (χ1v) is 7.98. The molecular weight excluding hydrogens is 254 g/mol. The molecule has 1 saturated heterocycles. The lowest BCUT2D eigenvalue weighted by atomic mass is 10.2. The van der Waals surface area contributed by atoms with Crippen molar-refractivity contribution in [2.45, 2.75) is 38.3 Å². The number of nitrogens with zero attached hydrogens (tertiary/aromatic N) is 2. The first-order chi connectivity index (χ1) is 9.29. The van der Waals surface area contributed by atoms with Gasteiger partial charge in [0.05, 0.1) is 10.2 Å². The van der Waals surface area contributed by atoms with Gasteiger partial charge in [0, 0.05) is 25.2 Å². The van der Waals surface area contributed by atoms with E-state index in [0.717, 1.165) is 16.7 Å². The van der Waals surface area contributed by atoms with E-state index >= 15 is 0 Å². The van der Waals surface area contributed by atoms with E-state index in [1.54, 1.807) is 11.3 Å². The Morgan fingerprint density at radius 3 is 3.00 bits per heavy atom. The quantitative estimate of drug-likeness (QED) is 0.930. The lowest BCUT2D eigenvalue weighted by Crippen LogP contribution is -2.27. The molecule has 1 saturated carbocycles. The molecule has 1 aliphatic carbocycles. The van der Waals surface area contributed by atoms with Gasteiger partial charge >= 0.3 is 0 Å². The maximum absolute atomic E-state index is 4.75. The SMILES string of the molecule is Cc1cccc2sc(NC3CCN(C4CC4)C3)nc12. The van der Waals surface area contributed by atoms with E-state index in [4.69, 9.17) is 4.98 Å². The first kappa shape index (κ1) is 11.7. The molecule has 2 aliphatic rings. The Labute approximate surface area is 117 Å². The summed E-state index contributed by atoms with van der Waals surface area (Å²) in [6.45, 7) is 4.59. The van der Waals surface area contributed by atoms with Crippen LogP contribution in [-0.2, 0) is 0 Å². The molecule has 4 rings (SSSR count). The van der Waals surface area contributed by atoms with Crippen LogP contribution in [0.25, 0.3) is 10.2 Å². The molecule has 2 fully saturated rings. The highest BCUT2D eigenvalue weighted by molar-refractivity contribution is 7.22. The van der Waals surface area contributed by atoms with E-state index in [2.05, 4.69) is 35.3 Å². The van der Waals surface area contributed by atoms with E-state index in [9.17, 15) is 0 Å². The third-order valence-electron chi connectivity index (χ3n) is 4.23. The zero-order valence-corrected chi connectivity index (χ0v) is 12.0. The van der Waals surface area contributed by atoms with Crippen LogP contribution < -0.4 is 5.32 Å². The van der Waals surface area contributed by atoms with Crippen molar-refractivity contribution in [1.29, 1.82) is 0 Å². The maximum Gasteiger partial charge on any atom is 0.184 e. The fourth-order valence-corrected chi connectivity index (χ4v) is 4.02. The molecule has 1 aromatic carbocycles. The van der Waals surface area contributed by atoms with Crippen molar-refractivity contribution in [3.63, 3.8) is 0 Å². The van der Waals surface area contributed by atoms with Crippen molar-refractivity contribution in [2.75, 3.05) is 18.4 Å². The van der Waals surface area contributed by atoms with Gasteiger partial charge in [-0.15, -0.1) is 0 Å². The van der Waals surface area contributed by atoms with Crippen molar-refractivity contribution in [2.24, 2.45) is 0 Å². The third kappa shape index (κ3) is 2.23. The third-order valence-corrected chi connectivity index (χ3v) is 5.18. The van der Waals surface area contributed by atoms with Crippen LogP contribution in [0.2, 0.25) is 0 Å². The van der Waals surface area contributed by atoms with Gasteiger partial charge in [-0.2, -0.15) is 0 Å². The summed E-state index contributed by atoms with van der Waals surface area (Å²) in [6, 6.07) is 7.89. The van der Waals surface area contributed by atoms with Gasteiger partial charge in [-0.05, 0) is 37.8 Å². The number of benzene rings is 1. The van der Waals surface area contributed by atoms with Gasteiger partial charge in [-0.25, -0.2) is 4.98 Å². The minimum Gasteiger partial charge on any atom is -0.357 e. The van der Waals surface area contributed by atoms with Crippen LogP contribution in [0.4, 0.5) is 5.13 Å². The molecule has 1 N–H and O–H groups in total. The van der Waals surface area contributed by atoms with Crippen molar-refractivity contribution < 1.29 is 0 Å². The molecule has 3 nitrogen and oxygen atoms in total. The molecule has 1 unspecified atom stereocenters. The molecule has 2 heterocycles. The summed E-state index contributed by atoms with van der Waals surface area (Å²) >= 11 is 1.78. The monoisotopic (exact) mass is 273 g/mol. The number of rotatable bonds is 3. The van der Waals surface area contributed by atoms with Gasteiger partial charge in [-0.3, -0.25) is 4.90 Å². The molecule has 0 amide bonds. The number of aryl methyl sites for hydroxylation is 1. The van der Waals surface area contributed by atoms with Gasteiger partial charge < -0.3 is 5.32 Å². The number of hydrogen-bond acceptors (Lipinski definition) is 4. The van der Waals surface area contributed by atoms with Crippen LogP contribution in [-0.4, -0.2) is 35.1 Å². The number of aromatic nitrogens is 1. The van der Waals surface area contributed by atoms with Gasteiger partial charge in [0.1, 0.15) is 0 Å². The second-order valence-corrected chi connectivity index (χ2v) is 6.83. The standard InChI is InChI=1S/C15H19N3S/c1-10-3-2-4-13-14(10)17-15(19-13)16-11-7-8-18(9-11)12-5-6-12/h2-4,11-12H,5-9H2,1H3,(H,16,17). The van der Waals surface area contributed by atoms with Crippen molar-refractivity contribution >= 4 is 26.7 Å². The molecule has 0 bridgehead atoms. The average Bonchev–Trinajstić information content (AvgIpc) is 3.00. The Kier molecular flexibility index (Phi) is 2.74. The summed E-state index contributed by atoms with van der Waals surface area (Å²) in [7, 11) is 0. The van der Waals surface area contributed by atoms with E-state index in [-0.39, 0.29) is 0 Å². The normalized spacial score (nSPS) is 24.2. The van der Waals surface area contributed by atoms with Crippen molar-refractivity contribution in [3.8, 4) is 0 Å². The topological polar surface area (TPSA) is 28.2 Å². The number of likely N-dealkylation sites (tertiary alicyclic amines) is 1. The molecule has 2 aromatic rings. The molecule has 4 heteroatoms. The van der Waals surface area contributed by atoms with Crippen molar-refractivity contribution in [1.82, 2.24) is 9.88 Å². The summed E-state index contributed by atoms with van der Waals surface area (Å²) in [6.07, 6.45) is 4.07. The summed E-state index contributed by atoms with van der Waals surface area (Å²) < 4.78 is 1.29. The molecule has 0 radical (unpaired) electrons. The highest BCUT2D eigenvalue weighted by Crippen LogP contribution is 2.32. The van der Waals surface area contributed by atoms with Gasteiger partial charge in [0.2, 0.25) is 0 Å². The minimum absolute atomic E-state index is 0.585. The molecule has 19 heavy (non-hydrogen) atoms. The molecule has 0 spiro atoms. The zero-order chi connectivity index (χ0) is 12.8. The smallest absolute Gasteiger partial charge is 0.184 e. The van der Waals surface area contributed by atoms with E-state index < -0.39 is 0 Å². The Bertz CT molecular complexity index is 602. The molecule has 1 aliphatic heterocycles. The summed E-state index contributed by atoms with van der Waals surface area (Å²) in [5.41, 5.74) is 2.43. The second kappa shape index (κ2) is 4.46. The number of fused-ring (bicyclic) bond motifs is 1. The lowest BCUT2D eigenvalue weighted by molar-refractivity contribution is 0.326. The van der Waals surface area contributed by atoms with Crippen LogP contribution in [0, 0.1) is 6.92 Å². The number of thiazole rings is 1. The predicted octanol–water partition coefficient (Wildman–Crippen LogP) is 3.25. The number of para-hydroxylation sites is 1. The summed E-state index contributed by atoms with van der Waals surface area (Å²) in [5.74, 6) is 0. The van der Waals surface area contributed by atoms with Crippen LogP contribution >= 0.6 is 11.3 Å². The predicted molar refractivity (Wildman–Crippen MR) is 81.0 cm³/mol.